The molecule has 0 saturated heterocycles. The topological polar surface area (TPSA) is 117 Å². The minimum absolute atomic E-state index is 0.316. The van der Waals surface area contributed by atoms with E-state index < -0.39 is 5.91 Å². The van der Waals surface area contributed by atoms with Gasteiger partial charge in [0.25, 0.3) is 0 Å². The molecule has 1 aromatic carbocycles. The summed E-state index contributed by atoms with van der Waals surface area (Å²) in [5.74, 6) is 0.209. The third kappa shape index (κ3) is 4.80. The number of nitriles is 1. The molecule has 0 radical (unpaired) electrons. The molecular formula is C20H20ClN5O2. The standard InChI is InChI=1S/C20H20ClN5O2/c1-12-19(28-17-7-14(9-22)6-16(21)8-17)18(26-25-12)11-24-10-13-2-4-15(5-3-13)20(23)27/h2-6,8,17,24H,7,10-11H2,1H3,(H2,23,27)(H,25,26). The highest BCUT2D eigenvalue weighted by molar-refractivity contribution is 6.31. The summed E-state index contributed by atoms with van der Waals surface area (Å²) in [4.78, 5) is 11.1. The average Bonchev–Trinajstić information content (AvgIpc) is 3.01. The minimum Gasteiger partial charge on any atom is -0.482 e. The first-order valence-corrected chi connectivity index (χ1v) is 9.12. The Labute approximate surface area is 167 Å². The van der Waals surface area contributed by atoms with E-state index in [1.54, 1.807) is 24.3 Å². The van der Waals surface area contributed by atoms with Crippen LogP contribution in [0.25, 0.3) is 0 Å². The first kappa shape index (κ1) is 19.7. The molecule has 0 fully saturated rings. The zero-order valence-corrected chi connectivity index (χ0v) is 16.1. The number of carbonyl (C=O) groups excluding carboxylic acids is 1. The van der Waals surface area contributed by atoms with Gasteiger partial charge in [-0.2, -0.15) is 10.4 Å². The fourth-order valence-electron chi connectivity index (χ4n) is 2.89. The van der Waals surface area contributed by atoms with Crippen LogP contribution in [-0.2, 0) is 13.1 Å². The van der Waals surface area contributed by atoms with E-state index in [0.717, 1.165) is 17.0 Å². The van der Waals surface area contributed by atoms with Gasteiger partial charge in [-0.25, -0.2) is 0 Å². The highest BCUT2D eigenvalue weighted by atomic mass is 35.5. The van der Waals surface area contributed by atoms with Crippen LogP contribution in [0.1, 0.15) is 33.7 Å². The highest BCUT2D eigenvalue weighted by Gasteiger charge is 2.20. The summed E-state index contributed by atoms with van der Waals surface area (Å²) in [6.07, 6.45) is 3.58. The van der Waals surface area contributed by atoms with Gasteiger partial charge in [0.15, 0.2) is 5.75 Å². The number of primary amides is 1. The molecule has 1 unspecified atom stereocenters. The number of nitrogens with two attached hydrogens (primary N) is 1. The van der Waals surface area contributed by atoms with Crippen molar-refractivity contribution in [2.45, 2.75) is 32.5 Å². The van der Waals surface area contributed by atoms with Crippen LogP contribution in [-0.4, -0.2) is 22.2 Å². The molecule has 144 valence electrons. The maximum atomic E-state index is 11.1. The van der Waals surface area contributed by atoms with Gasteiger partial charge in [-0.15, -0.1) is 0 Å². The van der Waals surface area contributed by atoms with Crippen molar-refractivity contribution in [3.63, 3.8) is 0 Å². The molecule has 0 saturated carbocycles. The van der Waals surface area contributed by atoms with Gasteiger partial charge in [-0.1, -0.05) is 23.7 Å². The van der Waals surface area contributed by atoms with Crippen molar-refractivity contribution < 1.29 is 9.53 Å². The summed E-state index contributed by atoms with van der Waals surface area (Å²) in [6, 6.07) is 9.23. The molecule has 28 heavy (non-hydrogen) atoms. The first-order chi connectivity index (χ1) is 13.5. The number of aromatic amines is 1. The molecule has 8 heteroatoms. The molecule has 3 rings (SSSR count). The second kappa shape index (κ2) is 8.74. The monoisotopic (exact) mass is 397 g/mol. The van der Waals surface area contributed by atoms with Crippen LogP contribution in [0.3, 0.4) is 0 Å². The fourth-order valence-corrected chi connectivity index (χ4v) is 3.16. The molecule has 4 N–H and O–H groups in total. The number of amides is 1. The summed E-state index contributed by atoms with van der Waals surface area (Å²) in [5.41, 5.74) is 8.87. The van der Waals surface area contributed by atoms with Crippen molar-refractivity contribution in [3.05, 3.63) is 69.5 Å². The summed E-state index contributed by atoms with van der Waals surface area (Å²) < 4.78 is 6.07. The Morgan fingerprint density at radius 2 is 2.18 bits per heavy atom. The predicted molar refractivity (Wildman–Crippen MR) is 105 cm³/mol. The Morgan fingerprint density at radius 1 is 1.43 bits per heavy atom. The molecule has 0 bridgehead atoms. The van der Waals surface area contributed by atoms with Gasteiger partial charge in [-0.3, -0.25) is 9.89 Å². The van der Waals surface area contributed by atoms with Gasteiger partial charge < -0.3 is 15.8 Å². The average molecular weight is 398 g/mol. The van der Waals surface area contributed by atoms with Crippen LogP contribution >= 0.6 is 11.6 Å². The molecule has 0 spiro atoms. The third-order valence-electron chi connectivity index (χ3n) is 4.31. The van der Waals surface area contributed by atoms with Gasteiger partial charge in [0.1, 0.15) is 11.8 Å². The van der Waals surface area contributed by atoms with Crippen LogP contribution in [0, 0.1) is 18.3 Å². The van der Waals surface area contributed by atoms with Gasteiger partial charge in [0, 0.05) is 35.7 Å². The van der Waals surface area contributed by atoms with Crippen molar-refractivity contribution in [2.75, 3.05) is 0 Å². The Bertz CT molecular complexity index is 969. The van der Waals surface area contributed by atoms with Crippen LogP contribution in [0.4, 0.5) is 0 Å². The fraction of sp³-hybridized carbons (Fsp3) is 0.250. The van der Waals surface area contributed by atoms with E-state index in [1.165, 1.54) is 0 Å². The Kier molecular flexibility index (Phi) is 6.14. The molecule has 7 nitrogen and oxygen atoms in total. The number of hydrogen-bond acceptors (Lipinski definition) is 5. The normalized spacial score (nSPS) is 16.1. The lowest BCUT2D eigenvalue weighted by molar-refractivity contribution is 0.100. The molecular weight excluding hydrogens is 378 g/mol. The van der Waals surface area contributed by atoms with Crippen molar-refractivity contribution in [2.24, 2.45) is 5.73 Å². The largest absolute Gasteiger partial charge is 0.482 e. The van der Waals surface area contributed by atoms with E-state index in [0.29, 0.717) is 41.4 Å². The molecule has 1 aliphatic rings. The van der Waals surface area contributed by atoms with Crippen LogP contribution in [0.2, 0.25) is 0 Å². The summed E-state index contributed by atoms with van der Waals surface area (Å²) >= 11 is 6.08. The van der Waals surface area contributed by atoms with Gasteiger partial charge in [-0.05, 0) is 36.8 Å². The number of H-pyrrole nitrogens is 1. The van der Waals surface area contributed by atoms with Gasteiger partial charge >= 0.3 is 0 Å². The van der Waals surface area contributed by atoms with E-state index in [-0.39, 0.29) is 6.10 Å². The molecule has 1 aliphatic carbocycles. The number of ether oxygens (including phenoxy) is 1. The van der Waals surface area contributed by atoms with E-state index >= 15 is 0 Å². The molecule has 1 atom stereocenters. The highest BCUT2D eigenvalue weighted by Crippen LogP contribution is 2.27. The minimum atomic E-state index is -0.445. The van der Waals surface area contributed by atoms with E-state index in [4.69, 9.17) is 27.3 Å². The maximum absolute atomic E-state index is 11.1. The number of allylic oxidation sites excluding steroid dienone is 2. The van der Waals surface area contributed by atoms with Crippen molar-refractivity contribution in [1.29, 1.82) is 5.26 Å². The third-order valence-corrected chi connectivity index (χ3v) is 4.55. The molecule has 1 heterocycles. The molecule has 2 aromatic rings. The number of benzene rings is 1. The second-order valence-electron chi connectivity index (χ2n) is 6.48. The zero-order chi connectivity index (χ0) is 20.1. The SMILES string of the molecule is Cc1[nH]nc(CNCc2ccc(C(N)=O)cc2)c1OC1C=C(Cl)C=C(C#N)C1. The zero-order valence-electron chi connectivity index (χ0n) is 15.3. The van der Waals surface area contributed by atoms with Crippen molar-refractivity contribution >= 4 is 17.5 Å². The second-order valence-corrected chi connectivity index (χ2v) is 6.92. The lowest BCUT2D eigenvalue weighted by Crippen LogP contribution is -2.19. The van der Waals surface area contributed by atoms with Gasteiger partial charge in [0.05, 0.1) is 11.8 Å². The maximum Gasteiger partial charge on any atom is 0.248 e. The number of rotatable bonds is 7. The molecule has 0 aliphatic heterocycles. The Morgan fingerprint density at radius 3 is 2.86 bits per heavy atom. The summed E-state index contributed by atoms with van der Waals surface area (Å²) in [7, 11) is 0. The quantitative estimate of drug-likeness (QED) is 0.664. The molecule has 1 amide bonds. The van der Waals surface area contributed by atoms with Crippen LogP contribution in [0.5, 0.6) is 5.75 Å². The number of nitrogens with zero attached hydrogens (tertiary/aromatic N) is 2. The number of aromatic nitrogens is 2. The van der Waals surface area contributed by atoms with E-state index in [9.17, 15) is 4.79 Å². The van der Waals surface area contributed by atoms with Crippen LogP contribution in [0.15, 0.2) is 47.0 Å². The predicted octanol–water partition coefficient (Wildman–Crippen LogP) is 2.83. The number of carbonyl (C=O) groups is 1. The van der Waals surface area contributed by atoms with E-state index in [2.05, 4.69) is 21.6 Å². The van der Waals surface area contributed by atoms with E-state index in [1.807, 2.05) is 19.1 Å². The van der Waals surface area contributed by atoms with Crippen molar-refractivity contribution in [1.82, 2.24) is 15.5 Å². The smallest absolute Gasteiger partial charge is 0.248 e. The number of halogens is 1. The summed E-state index contributed by atoms with van der Waals surface area (Å²) in [5, 5.41) is 20.1. The first-order valence-electron chi connectivity index (χ1n) is 8.74. The van der Waals surface area contributed by atoms with Gasteiger partial charge in [0.2, 0.25) is 5.91 Å². The summed E-state index contributed by atoms with van der Waals surface area (Å²) in [6.45, 7) is 2.97. The van der Waals surface area contributed by atoms with Crippen LogP contribution < -0.4 is 15.8 Å². The number of nitrogens with one attached hydrogen (secondary N) is 2. The molecule has 1 aromatic heterocycles. The lowest BCUT2D eigenvalue weighted by Gasteiger charge is -2.19. The Balaban J connectivity index is 1.61. The lowest BCUT2D eigenvalue weighted by atomic mass is 10.0. The number of hydrogen-bond donors (Lipinski definition) is 3. The Hall–Kier alpha value is -3.08. The van der Waals surface area contributed by atoms with Crippen molar-refractivity contribution in [3.8, 4) is 11.8 Å². The number of aryl methyl sites for hydroxylation is 1.